The van der Waals surface area contributed by atoms with Crippen LogP contribution in [0.5, 0.6) is 0 Å². The molecule has 0 bridgehead atoms. The number of piperidine rings is 1. The van der Waals surface area contributed by atoms with Crippen LogP contribution >= 0.6 is 0 Å². The summed E-state index contributed by atoms with van der Waals surface area (Å²) in [5.74, 6) is -1.46. The number of rotatable bonds is 7. The fourth-order valence-corrected chi connectivity index (χ4v) is 4.42. The number of nitro groups is 1. The van der Waals surface area contributed by atoms with Crippen LogP contribution in [0.25, 0.3) is 0 Å². The Labute approximate surface area is 152 Å². The number of aliphatic carboxylic acids is 1. The van der Waals surface area contributed by atoms with E-state index < -0.39 is 32.6 Å². The van der Waals surface area contributed by atoms with Gasteiger partial charge >= 0.3 is 5.97 Å². The first kappa shape index (κ1) is 20.1. The van der Waals surface area contributed by atoms with Gasteiger partial charge in [-0.2, -0.15) is 4.31 Å². The van der Waals surface area contributed by atoms with Crippen LogP contribution in [0.15, 0.2) is 23.1 Å². The Balaban J connectivity index is 2.39. The zero-order chi connectivity index (χ0) is 19.5. The zero-order valence-electron chi connectivity index (χ0n) is 14.7. The molecule has 10 heteroatoms. The van der Waals surface area contributed by atoms with Gasteiger partial charge in [0, 0.05) is 19.2 Å². The monoisotopic (exact) mass is 385 g/mol. The third-order valence-corrected chi connectivity index (χ3v) is 6.26. The highest BCUT2D eigenvalue weighted by Crippen LogP contribution is 2.31. The van der Waals surface area contributed by atoms with Crippen LogP contribution in [0.2, 0.25) is 0 Å². The van der Waals surface area contributed by atoms with Gasteiger partial charge in [0.1, 0.15) is 11.7 Å². The van der Waals surface area contributed by atoms with E-state index in [1.807, 2.05) is 0 Å². The number of nitrogens with one attached hydrogen (secondary N) is 1. The van der Waals surface area contributed by atoms with Crippen LogP contribution in [0.1, 0.15) is 33.1 Å². The molecule has 26 heavy (non-hydrogen) atoms. The normalized spacial score (nSPS) is 17.0. The van der Waals surface area contributed by atoms with E-state index >= 15 is 0 Å². The first-order valence-corrected chi connectivity index (χ1v) is 9.86. The minimum Gasteiger partial charge on any atom is -0.480 e. The van der Waals surface area contributed by atoms with Crippen molar-refractivity contribution >= 4 is 27.4 Å². The molecule has 1 heterocycles. The van der Waals surface area contributed by atoms with Gasteiger partial charge in [0.2, 0.25) is 10.0 Å². The van der Waals surface area contributed by atoms with Crippen LogP contribution < -0.4 is 5.32 Å². The first-order chi connectivity index (χ1) is 12.1. The van der Waals surface area contributed by atoms with Crippen molar-refractivity contribution in [2.24, 2.45) is 5.92 Å². The van der Waals surface area contributed by atoms with Crippen LogP contribution in [0.4, 0.5) is 11.4 Å². The molecule has 0 amide bonds. The molecule has 1 aliphatic rings. The number of nitrogens with zero attached hydrogens (tertiary/aromatic N) is 2. The minimum atomic E-state index is -3.81. The number of hydrogen-bond donors (Lipinski definition) is 2. The fraction of sp³-hybridized carbons (Fsp3) is 0.562. The molecular weight excluding hydrogens is 362 g/mol. The maximum absolute atomic E-state index is 12.7. The van der Waals surface area contributed by atoms with Crippen molar-refractivity contribution in [1.29, 1.82) is 0 Å². The lowest BCUT2D eigenvalue weighted by molar-refractivity contribution is -0.384. The summed E-state index contributed by atoms with van der Waals surface area (Å²) < 4.78 is 26.7. The van der Waals surface area contributed by atoms with Gasteiger partial charge in [-0.05, 0) is 30.9 Å². The second-order valence-electron chi connectivity index (χ2n) is 6.61. The molecular formula is C16H23N3O6S. The molecule has 1 atom stereocenters. The number of hydrogen-bond acceptors (Lipinski definition) is 6. The fourth-order valence-electron chi connectivity index (χ4n) is 2.88. The molecule has 1 aromatic carbocycles. The zero-order valence-corrected chi connectivity index (χ0v) is 15.5. The van der Waals surface area contributed by atoms with Crippen molar-refractivity contribution in [2.75, 3.05) is 18.4 Å². The van der Waals surface area contributed by atoms with Crippen LogP contribution in [0, 0.1) is 16.0 Å². The standard InChI is InChI=1S/C16H23N3O6S/c1-11(2)15(16(20)21)17-13-7-6-12(10-14(13)19(22)23)26(24,25)18-8-4-3-5-9-18/h6-7,10-11,15,17H,3-5,8-9H2,1-2H3,(H,20,21)/t15-/m0/s1. The third-order valence-electron chi connectivity index (χ3n) is 4.36. The summed E-state index contributed by atoms with van der Waals surface area (Å²) in [7, 11) is -3.81. The van der Waals surface area contributed by atoms with E-state index in [0.29, 0.717) is 13.1 Å². The van der Waals surface area contributed by atoms with Crippen LogP contribution in [0.3, 0.4) is 0 Å². The molecule has 2 N–H and O–H groups in total. The number of carbonyl (C=O) groups is 1. The van der Waals surface area contributed by atoms with Crippen LogP contribution in [-0.2, 0) is 14.8 Å². The molecule has 0 radical (unpaired) electrons. The van der Waals surface area contributed by atoms with Crippen molar-refractivity contribution in [2.45, 2.75) is 44.0 Å². The molecule has 0 spiro atoms. The van der Waals surface area contributed by atoms with Crippen LogP contribution in [-0.4, -0.2) is 47.9 Å². The lowest BCUT2D eigenvalue weighted by Crippen LogP contribution is -2.36. The molecule has 0 saturated carbocycles. The summed E-state index contributed by atoms with van der Waals surface area (Å²) in [6.45, 7) is 4.13. The van der Waals surface area contributed by atoms with E-state index in [9.17, 15) is 28.4 Å². The second kappa shape index (κ2) is 8.00. The lowest BCUT2D eigenvalue weighted by Gasteiger charge is -2.26. The largest absolute Gasteiger partial charge is 0.480 e. The van der Waals surface area contributed by atoms with E-state index in [0.717, 1.165) is 25.3 Å². The number of sulfonamides is 1. The Hall–Kier alpha value is -2.20. The topological polar surface area (TPSA) is 130 Å². The smallest absolute Gasteiger partial charge is 0.326 e. The van der Waals surface area contributed by atoms with Crippen molar-refractivity contribution in [3.63, 3.8) is 0 Å². The quantitative estimate of drug-likeness (QED) is 0.544. The Kier molecular flexibility index (Phi) is 6.19. The molecule has 2 rings (SSSR count). The Bertz CT molecular complexity index is 787. The molecule has 0 aromatic heterocycles. The number of nitro benzene ring substituents is 1. The summed E-state index contributed by atoms with van der Waals surface area (Å²) in [5.41, 5.74) is -0.483. The third kappa shape index (κ3) is 4.31. The molecule has 1 saturated heterocycles. The van der Waals surface area contributed by atoms with Gasteiger partial charge in [0.25, 0.3) is 5.69 Å². The minimum absolute atomic E-state index is 0.0197. The Morgan fingerprint density at radius 3 is 2.38 bits per heavy atom. The summed E-state index contributed by atoms with van der Waals surface area (Å²) in [4.78, 5) is 21.9. The molecule has 1 aliphatic heterocycles. The van der Waals surface area contributed by atoms with Crippen molar-refractivity contribution < 1.29 is 23.2 Å². The summed E-state index contributed by atoms with van der Waals surface area (Å²) >= 11 is 0. The first-order valence-electron chi connectivity index (χ1n) is 8.42. The Morgan fingerprint density at radius 2 is 1.88 bits per heavy atom. The van der Waals surface area contributed by atoms with E-state index in [2.05, 4.69) is 5.32 Å². The van der Waals surface area contributed by atoms with Gasteiger partial charge in [0.05, 0.1) is 9.82 Å². The molecule has 0 unspecified atom stereocenters. The van der Waals surface area contributed by atoms with Gasteiger partial charge < -0.3 is 10.4 Å². The van der Waals surface area contributed by atoms with Gasteiger partial charge in [-0.1, -0.05) is 20.3 Å². The van der Waals surface area contributed by atoms with E-state index in [1.165, 1.54) is 16.4 Å². The Morgan fingerprint density at radius 1 is 1.27 bits per heavy atom. The van der Waals surface area contributed by atoms with E-state index in [-0.39, 0.29) is 16.5 Å². The van der Waals surface area contributed by atoms with Crippen molar-refractivity contribution in [3.8, 4) is 0 Å². The average Bonchev–Trinajstić information content (AvgIpc) is 2.59. The summed E-state index contributed by atoms with van der Waals surface area (Å²) in [6.07, 6.45) is 2.48. The molecule has 1 aromatic rings. The SMILES string of the molecule is CC(C)[C@H](Nc1ccc(S(=O)(=O)N2CCCCC2)cc1[N+](=O)[O-])C(=O)O. The van der Waals surface area contributed by atoms with Gasteiger partial charge in [-0.3, -0.25) is 10.1 Å². The summed E-state index contributed by atoms with van der Waals surface area (Å²) in [5, 5.41) is 23.3. The average molecular weight is 385 g/mol. The highest BCUT2D eigenvalue weighted by atomic mass is 32.2. The maximum atomic E-state index is 12.7. The van der Waals surface area contributed by atoms with Gasteiger partial charge in [-0.25, -0.2) is 13.2 Å². The summed E-state index contributed by atoms with van der Waals surface area (Å²) in [6, 6.07) is 2.50. The number of carboxylic acid groups (broad SMARTS) is 1. The van der Waals surface area contributed by atoms with E-state index in [4.69, 9.17) is 0 Å². The van der Waals surface area contributed by atoms with Gasteiger partial charge in [-0.15, -0.1) is 0 Å². The molecule has 0 aliphatic carbocycles. The van der Waals surface area contributed by atoms with Crippen molar-refractivity contribution in [3.05, 3.63) is 28.3 Å². The number of carboxylic acids is 1. The predicted octanol–water partition coefficient (Wildman–Crippen LogP) is 2.29. The highest BCUT2D eigenvalue weighted by molar-refractivity contribution is 7.89. The molecule has 144 valence electrons. The van der Waals surface area contributed by atoms with E-state index in [1.54, 1.807) is 13.8 Å². The lowest BCUT2D eigenvalue weighted by atomic mass is 10.0. The highest BCUT2D eigenvalue weighted by Gasteiger charge is 2.30. The van der Waals surface area contributed by atoms with Gasteiger partial charge in [0.15, 0.2) is 0 Å². The molecule has 9 nitrogen and oxygen atoms in total. The maximum Gasteiger partial charge on any atom is 0.326 e. The number of benzene rings is 1. The number of anilines is 1. The predicted molar refractivity (Wildman–Crippen MR) is 95.6 cm³/mol. The van der Waals surface area contributed by atoms with Crippen molar-refractivity contribution in [1.82, 2.24) is 4.31 Å². The second-order valence-corrected chi connectivity index (χ2v) is 8.54. The molecule has 1 fully saturated rings.